The van der Waals surface area contributed by atoms with Crippen molar-refractivity contribution in [2.75, 3.05) is 6.54 Å². The van der Waals surface area contributed by atoms with Gasteiger partial charge in [0.15, 0.2) is 6.10 Å². The van der Waals surface area contributed by atoms with E-state index < -0.39 is 24.5 Å². The number of amides is 1. The zero-order chi connectivity index (χ0) is 13.0. The molecule has 0 radical (unpaired) electrons. The van der Waals surface area contributed by atoms with E-state index in [2.05, 4.69) is 5.32 Å². The van der Waals surface area contributed by atoms with Gasteiger partial charge in [-0.05, 0) is 18.2 Å². The van der Waals surface area contributed by atoms with Gasteiger partial charge in [0.2, 0.25) is 0 Å². The lowest BCUT2D eigenvalue weighted by atomic mass is 10.1. The van der Waals surface area contributed by atoms with E-state index in [1.54, 1.807) is 0 Å². The molecule has 1 aromatic rings. The van der Waals surface area contributed by atoms with Crippen LogP contribution in [0.4, 0.5) is 0 Å². The van der Waals surface area contributed by atoms with E-state index in [1.807, 2.05) is 0 Å². The number of nitrogens with one attached hydrogen (secondary N) is 1. The van der Waals surface area contributed by atoms with Crippen LogP contribution in [0.15, 0.2) is 18.2 Å². The van der Waals surface area contributed by atoms with Crippen LogP contribution in [-0.2, 0) is 4.79 Å². The number of phenols is 2. The molecule has 0 spiro atoms. The maximum atomic E-state index is 11.5. The van der Waals surface area contributed by atoms with Crippen LogP contribution in [0.1, 0.15) is 10.4 Å². The Morgan fingerprint density at radius 2 is 1.94 bits per heavy atom. The number of carboxylic acids is 1. The van der Waals surface area contributed by atoms with Crippen molar-refractivity contribution in [2.24, 2.45) is 0 Å². The van der Waals surface area contributed by atoms with E-state index in [4.69, 9.17) is 15.3 Å². The van der Waals surface area contributed by atoms with Crippen LogP contribution in [0.3, 0.4) is 0 Å². The minimum Gasteiger partial charge on any atom is -0.508 e. The highest BCUT2D eigenvalue weighted by atomic mass is 16.4. The lowest BCUT2D eigenvalue weighted by Gasteiger charge is -2.09. The molecule has 92 valence electrons. The molecule has 1 rings (SSSR count). The Bertz CT molecular complexity index is 444. The molecule has 0 aliphatic heterocycles. The third-order valence-corrected chi connectivity index (χ3v) is 1.97. The molecule has 5 N–H and O–H groups in total. The molecule has 0 heterocycles. The molecule has 0 saturated carbocycles. The first kappa shape index (κ1) is 12.8. The van der Waals surface area contributed by atoms with Gasteiger partial charge < -0.3 is 25.7 Å². The Morgan fingerprint density at radius 1 is 1.29 bits per heavy atom. The van der Waals surface area contributed by atoms with Crippen molar-refractivity contribution < 1.29 is 30.0 Å². The highest BCUT2D eigenvalue weighted by Gasteiger charge is 2.17. The molecule has 0 bridgehead atoms. The van der Waals surface area contributed by atoms with Crippen molar-refractivity contribution in [3.05, 3.63) is 23.8 Å². The molecule has 1 aromatic carbocycles. The average molecular weight is 241 g/mol. The summed E-state index contributed by atoms with van der Waals surface area (Å²) in [5, 5.41) is 37.8. The lowest BCUT2D eigenvalue weighted by Crippen LogP contribution is -2.36. The van der Waals surface area contributed by atoms with Gasteiger partial charge in [-0.3, -0.25) is 4.79 Å². The Hall–Kier alpha value is -2.28. The van der Waals surface area contributed by atoms with Gasteiger partial charge in [-0.1, -0.05) is 0 Å². The average Bonchev–Trinajstić information content (AvgIpc) is 2.28. The highest BCUT2D eigenvalue weighted by molar-refractivity contribution is 5.97. The second-order valence-corrected chi connectivity index (χ2v) is 3.27. The molecule has 17 heavy (non-hydrogen) atoms. The number of aliphatic carboxylic acids is 1. The Balaban J connectivity index is 2.70. The zero-order valence-corrected chi connectivity index (χ0v) is 8.62. The minimum atomic E-state index is -1.72. The number of carboxylic acid groups (broad SMARTS) is 1. The van der Waals surface area contributed by atoms with Crippen molar-refractivity contribution in [1.82, 2.24) is 5.32 Å². The predicted molar refractivity (Wildman–Crippen MR) is 55.7 cm³/mol. The normalized spacial score (nSPS) is 11.8. The molecule has 0 aromatic heterocycles. The van der Waals surface area contributed by atoms with Crippen LogP contribution in [-0.4, -0.2) is 45.0 Å². The Labute approximate surface area is 95.9 Å². The molecular formula is C10H11NO6. The molecule has 0 aliphatic carbocycles. The summed E-state index contributed by atoms with van der Waals surface area (Å²) >= 11 is 0. The smallest absolute Gasteiger partial charge is 0.334 e. The number of benzene rings is 1. The van der Waals surface area contributed by atoms with Gasteiger partial charge in [0, 0.05) is 0 Å². The Morgan fingerprint density at radius 3 is 2.53 bits per heavy atom. The first-order valence-electron chi connectivity index (χ1n) is 4.63. The molecule has 1 amide bonds. The lowest BCUT2D eigenvalue weighted by molar-refractivity contribution is -0.146. The topological polar surface area (TPSA) is 127 Å². The summed E-state index contributed by atoms with van der Waals surface area (Å²) in [7, 11) is 0. The number of carbonyl (C=O) groups is 2. The van der Waals surface area contributed by atoms with Gasteiger partial charge >= 0.3 is 5.97 Å². The SMILES string of the molecule is O=C(NCC(O)C(=O)O)c1cc(O)ccc1O. The summed E-state index contributed by atoms with van der Waals surface area (Å²) in [6, 6.07) is 3.34. The number of phenolic OH excluding ortho intramolecular Hbond substituents is 2. The largest absolute Gasteiger partial charge is 0.508 e. The fourth-order valence-corrected chi connectivity index (χ4v) is 1.08. The summed E-state index contributed by atoms with van der Waals surface area (Å²) in [5.74, 6) is -2.83. The number of hydrogen-bond donors (Lipinski definition) is 5. The molecule has 0 saturated heterocycles. The molecule has 1 atom stereocenters. The summed E-state index contributed by atoms with van der Waals surface area (Å²) in [4.78, 5) is 21.7. The fourth-order valence-electron chi connectivity index (χ4n) is 1.08. The Kier molecular flexibility index (Phi) is 3.89. The van der Waals surface area contributed by atoms with Crippen LogP contribution in [0, 0.1) is 0 Å². The van der Waals surface area contributed by atoms with Gasteiger partial charge in [0.25, 0.3) is 5.91 Å². The third kappa shape index (κ3) is 3.35. The predicted octanol–water partition coefficient (Wildman–Crippen LogP) is -0.727. The number of rotatable bonds is 4. The molecule has 0 aliphatic rings. The summed E-state index contributed by atoms with van der Waals surface area (Å²) in [6.07, 6.45) is -1.72. The number of aliphatic hydroxyl groups is 1. The molecule has 7 heteroatoms. The minimum absolute atomic E-state index is 0.206. The van der Waals surface area contributed by atoms with E-state index in [1.165, 1.54) is 6.07 Å². The number of hydrogen-bond acceptors (Lipinski definition) is 5. The van der Waals surface area contributed by atoms with Gasteiger partial charge in [-0.15, -0.1) is 0 Å². The maximum Gasteiger partial charge on any atom is 0.334 e. The number of carbonyl (C=O) groups excluding carboxylic acids is 1. The second kappa shape index (κ2) is 5.17. The van der Waals surface area contributed by atoms with Crippen molar-refractivity contribution in [2.45, 2.75) is 6.10 Å². The van der Waals surface area contributed by atoms with E-state index in [9.17, 15) is 14.7 Å². The zero-order valence-electron chi connectivity index (χ0n) is 8.62. The number of aromatic hydroxyl groups is 2. The van der Waals surface area contributed by atoms with Gasteiger partial charge in [-0.2, -0.15) is 0 Å². The van der Waals surface area contributed by atoms with Crippen molar-refractivity contribution in [3.63, 3.8) is 0 Å². The monoisotopic (exact) mass is 241 g/mol. The van der Waals surface area contributed by atoms with Gasteiger partial charge in [0.1, 0.15) is 11.5 Å². The quantitative estimate of drug-likeness (QED) is 0.442. The summed E-state index contributed by atoms with van der Waals surface area (Å²) in [5.41, 5.74) is -0.206. The molecule has 7 nitrogen and oxygen atoms in total. The van der Waals surface area contributed by atoms with Gasteiger partial charge in [-0.25, -0.2) is 4.79 Å². The van der Waals surface area contributed by atoms with Crippen molar-refractivity contribution in [3.8, 4) is 11.5 Å². The van der Waals surface area contributed by atoms with Crippen LogP contribution < -0.4 is 5.32 Å². The first-order valence-corrected chi connectivity index (χ1v) is 4.63. The third-order valence-electron chi connectivity index (χ3n) is 1.97. The molecule has 1 unspecified atom stereocenters. The summed E-state index contributed by atoms with van der Waals surface area (Å²) < 4.78 is 0. The van der Waals surface area contributed by atoms with Crippen LogP contribution in [0.5, 0.6) is 11.5 Å². The summed E-state index contributed by atoms with van der Waals surface area (Å²) in [6.45, 7) is -0.497. The van der Waals surface area contributed by atoms with E-state index in [0.717, 1.165) is 12.1 Å². The van der Waals surface area contributed by atoms with Crippen molar-refractivity contribution in [1.29, 1.82) is 0 Å². The molecular weight excluding hydrogens is 230 g/mol. The highest BCUT2D eigenvalue weighted by Crippen LogP contribution is 2.21. The fraction of sp³-hybridized carbons (Fsp3) is 0.200. The van der Waals surface area contributed by atoms with Crippen LogP contribution in [0.2, 0.25) is 0 Å². The van der Waals surface area contributed by atoms with E-state index >= 15 is 0 Å². The molecule has 0 fully saturated rings. The van der Waals surface area contributed by atoms with Crippen LogP contribution >= 0.6 is 0 Å². The van der Waals surface area contributed by atoms with Gasteiger partial charge in [0.05, 0.1) is 12.1 Å². The maximum absolute atomic E-state index is 11.5. The second-order valence-electron chi connectivity index (χ2n) is 3.27. The van der Waals surface area contributed by atoms with Crippen LogP contribution in [0.25, 0.3) is 0 Å². The standard InChI is InChI=1S/C10H11NO6/c12-5-1-2-7(13)6(3-5)9(15)11-4-8(14)10(16)17/h1-3,8,12-14H,4H2,(H,11,15)(H,16,17). The number of aliphatic hydroxyl groups excluding tert-OH is 1. The first-order chi connectivity index (χ1) is 7.91. The van der Waals surface area contributed by atoms with Crippen molar-refractivity contribution >= 4 is 11.9 Å². The van der Waals surface area contributed by atoms with E-state index in [0.29, 0.717) is 0 Å². The van der Waals surface area contributed by atoms with E-state index in [-0.39, 0.29) is 17.1 Å².